The van der Waals surface area contributed by atoms with Gasteiger partial charge in [0.05, 0.1) is 26.4 Å². The quantitative estimate of drug-likeness (QED) is 0.0213. The van der Waals surface area contributed by atoms with Gasteiger partial charge >= 0.3 is 0 Å². The second-order valence-corrected chi connectivity index (χ2v) is 32.4. The van der Waals surface area contributed by atoms with E-state index >= 15 is 0 Å². The van der Waals surface area contributed by atoms with Crippen LogP contribution in [0.5, 0.6) is 0 Å². The van der Waals surface area contributed by atoms with Gasteiger partial charge in [-0.25, -0.2) is 0 Å². The lowest BCUT2D eigenvalue weighted by Gasteiger charge is -2.33. The third-order valence-corrected chi connectivity index (χ3v) is 23.6. The number of fused-ring (bicyclic) bond motifs is 9. The van der Waals surface area contributed by atoms with E-state index in [2.05, 4.69) is 269 Å². The van der Waals surface area contributed by atoms with Crippen molar-refractivity contribution in [2.24, 2.45) is 0 Å². The number of methoxy groups -OCH3 is 6. The number of aliphatic hydroxyl groups is 4. The highest BCUT2D eigenvalue weighted by atomic mass is 79.9. The van der Waals surface area contributed by atoms with Crippen LogP contribution in [0.25, 0.3) is 75.9 Å². The summed E-state index contributed by atoms with van der Waals surface area (Å²) in [5, 5.41) is 38.7. The van der Waals surface area contributed by atoms with Crippen molar-refractivity contribution in [1.82, 2.24) is 0 Å². The molecule has 12 rings (SSSR count). The van der Waals surface area contributed by atoms with E-state index in [4.69, 9.17) is 18.9 Å². The largest absolute Gasteiger partial charge is 0.396 e. The lowest BCUT2D eigenvalue weighted by Crippen LogP contribution is -2.27. The number of benzene rings is 9. The summed E-state index contributed by atoms with van der Waals surface area (Å²) in [5.74, 6) is 0. The zero-order valence-corrected chi connectivity index (χ0v) is 77.7. The van der Waals surface area contributed by atoms with Gasteiger partial charge in [0.1, 0.15) is 0 Å². The summed E-state index contributed by atoms with van der Waals surface area (Å²) in [5.41, 5.74) is 25.8. The summed E-state index contributed by atoms with van der Waals surface area (Å²) >= 11 is 10.9. The van der Waals surface area contributed by atoms with E-state index in [1.54, 1.807) is 42.7 Å². The van der Waals surface area contributed by atoms with Crippen molar-refractivity contribution in [2.75, 3.05) is 135 Å². The Labute approximate surface area is 744 Å². The summed E-state index contributed by atoms with van der Waals surface area (Å²) in [6.45, 7) is 26.7. The lowest BCUT2D eigenvalue weighted by molar-refractivity contribution is 0.0629. The lowest BCUT2D eigenvalue weighted by atomic mass is 9.70. The molecule has 9 aromatic carbocycles. The van der Waals surface area contributed by atoms with Crippen molar-refractivity contribution in [2.45, 2.75) is 134 Å². The average molecular weight is 1830 g/mol. The molecule has 0 radical (unpaired) electrons. The Hall–Kier alpha value is -7.36. The molecule has 0 saturated heterocycles. The molecule has 0 saturated carbocycles. The highest BCUT2D eigenvalue weighted by Crippen LogP contribution is 2.58. The molecule has 3 aliphatic rings. The van der Waals surface area contributed by atoms with Crippen LogP contribution in [-0.4, -0.2) is 156 Å². The molecule has 0 amide bonds. The maximum absolute atomic E-state index is 9.95. The molecule has 0 atom stereocenters. The highest BCUT2D eigenvalue weighted by Gasteiger charge is 2.45. The number of aliphatic hydroxyl groups excluding tert-OH is 4. The summed E-state index contributed by atoms with van der Waals surface area (Å²) < 4.78 is 44.1. The number of ether oxygens (including phenoxy) is 8. The van der Waals surface area contributed by atoms with E-state index in [1.165, 1.54) is 83.5 Å². The van der Waals surface area contributed by atoms with E-state index in [0.717, 1.165) is 150 Å². The first-order valence-electron chi connectivity index (χ1n) is 42.4. The molecule has 120 heavy (non-hydrogen) atoms. The molecule has 0 spiro atoms. The molecule has 15 heteroatoms. The smallest absolute Gasteiger partial charge is 0.0700 e. The maximum atomic E-state index is 9.95. The summed E-state index contributed by atoms with van der Waals surface area (Å²) in [6, 6.07) is 66.1. The third kappa shape index (κ3) is 29.7. The van der Waals surface area contributed by atoms with E-state index in [0.29, 0.717) is 52.5 Å². The van der Waals surface area contributed by atoms with Gasteiger partial charge in [-0.2, -0.15) is 0 Å². The monoisotopic (exact) mass is 1820 g/mol. The molecule has 12 nitrogen and oxygen atoms in total. The second kappa shape index (κ2) is 56.4. The number of aryl methyl sites for hydroxylation is 2. The summed E-state index contributed by atoms with van der Waals surface area (Å²) in [4.78, 5) is 0. The van der Waals surface area contributed by atoms with Crippen LogP contribution in [-0.2, 0) is 67.0 Å². The van der Waals surface area contributed by atoms with Gasteiger partial charge in [0, 0.05) is 138 Å². The van der Waals surface area contributed by atoms with Gasteiger partial charge in [-0.3, -0.25) is 0 Å². The van der Waals surface area contributed by atoms with Crippen LogP contribution < -0.4 is 0 Å². The Kier molecular flexibility index (Phi) is 47.7. The van der Waals surface area contributed by atoms with Crippen LogP contribution in [0.1, 0.15) is 188 Å². The predicted molar refractivity (Wildman–Crippen MR) is 515 cm³/mol. The molecule has 0 aliphatic heterocycles. The zero-order chi connectivity index (χ0) is 87.0. The van der Waals surface area contributed by atoms with Gasteiger partial charge in [0.25, 0.3) is 0 Å². The first kappa shape index (κ1) is 101. The van der Waals surface area contributed by atoms with Gasteiger partial charge in [0.2, 0.25) is 0 Å². The molecular weight excluding hydrogens is 1690 g/mol. The van der Waals surface area contributed by atoms with Gasteiger partial charge in [-0.05, 0) is 271 Å². The van der Waals surface area contributed by atoms with Crippen molar-refractivity contribution >= 4 is 90.3 Å². The van der Waals surface area contributed by atoms with Crippen molar-refractivity contribution in [3.05, 3.63) is 299 Å². The Balaban J connectivity index is 0.000000365. The number of hydrogen-bond donors (Lipinski definition) is 4. The van der Waals surface area contributed by atoms with Gasteiger partial charge in [0.15, 0.2) is 0 Å². The SMILES string of the molecule is C=Cc1ccc(/C=C/c2ccc3c(c2)C(CCCOCCOC)(CCCOCCOC)c2cc(CCc4ccc(/C=C/c5ccc6c(c5)C(CCCO)(CCCO)c5cc(Br)ccc5-6)cc4)ccc2-3)cc1.C=Cc1ccc(C=C)cc1.CCOC.CCOC.CCOC.CCOC.OCCCC1(CCCO)c2cc(Br)ccc2-c2ccc(Br)cc21. The van der Waals surface area contributed by atoms with Crippen molar-refractivity contribution in [3.8, 4) is 33.4 Å². The first-order chi connectivity index (χ1) is 58.5. The van der Waals surface area contributed by atoms with E-state index < -0.39 is 0 Å². The van der Waals surface area contributed by atoms with E-state index in [9.17, 15) is 20.4 Å². The molecule has 646 valence electrons. The molecule has 0 bridgehead atoms. The highest BCUT2D eigenvalue weighted by molar-refractivity contribution is 9.11. The topological polar surface area (TPSA) is 155 Å². The standard InChI is InChI=1S/C64H71BrO6.C19H20Br2O2.C10H10.4C3H8O/c1-4-47-9-11-48(12-10-47)17-20-52-23-27-55-56-28-24-53(45-61(56)64(60(55)44-52,33-7-37-70-41-39-68-2)34-8-38-71-42-40-69-3)22-19-50-15-13-49(14-16-50)18-21-51-25-29-57-58-30-26-54(65)46-62(58)63(31-5-35-66,32-6-36-67)59(57)43-51;20-13-3-5-15-16-6-4-14(21)12-18(16)19(7-1-9-22,8-2-10-23)17(15)11-13;1-3-9-5-7-10(4-2)8-6-9;4*1-3-4-2/h4,9-18,20-21,23-30,43-46,66-67H,1,5-8,19,22,31-42H2,2-3H3;3-6,11-12,22-23H,1-2,7-10H2;3-8H,1-2H2;4*3H2,1-2H3/b20-17+,21-18+;;;;;;. The van der Waals surface area contributed by atoms with Crippen LogP contribution in [0.2, 0.25) is 0 Å². The fourth-order valence-corrected chi connectivity index (χ4v) is 16.9. The fraction of sp³-hybridized carbons (Fsp3) is 0.390. The predicted octanol–water partition coefficient (Wildman–Crippen LogP) is 24.8. The van der Waals surface area contributed by atoms with Crippen LogP contribution in [0, 0.1) is 0 Å². The second-order valence-electron chi connectivity index (χ2n) is 29.7. The normalized spacial score (nSPS) is 12.8. The number of hydrogen-bond acceptors (Lipinski definition) is 12. The molecule has 9 aromatic rings. The molecule has 0 unspecified atom stereocenters. The van der Waals surface area contributed by atoms with E-state index in [1.807, 2.05) is 70.2 Å². The minimum atomic E-state index is -0.255. The molecule has 0 heterocycles. The van der Waals surface area contributed by atoms with Crippen molar-refractivity contribution < 1.29 is 58.3 Å². The average Bonchev–Trinajstić information content (AvgIpc) is 1.61. The van der Waals surface area contributed by atoms with Crippen LogP contribution >= 0.6 is 47.8 Å². The first-order valence-corrected chi connectivity index (χ1v) is 44.8. The Morgan fingerprint density at radius 2 is 0.517 bits per heavy atom. The Bertz CT molecular complexity index is 4390. The summed E-state index contributed by atoms with van der Waals surface area (Å²) in [7, 11) is 10.2. The number of rotatable bonds is 40. The maximum Gasteiger partial charge on any atom is 0.0700 e. The molecule has 3 aliphatic carbocycles. The minimum absolute atomic E-state index is 0.135. The van der Waals surface area contributed by atoms with Gasteiger partial charge < -0.3 is 58.3 Å². The fourth-order valence-electron chi connectivity index (χ4n) is 15.8. The van der Waals surface area contributed by atoms with Crippen LogP contribution in [0.4, 0.5) is 0 Å². The Morgan fingerprint density at radius 3 is 0.817 bits per heavy atom. The minimum Gasteiger partial charge on any atom is -0.396 e. The number of halogens is 3. The van der Waals surface area contributed by atoms with Crippen LogP contribution in [0.3, 0.4) is 0 Å². The van der Waals surface area contributed by atoms with Gasteiger partial charge in [-0.1, -0.05) is 256 Å². The summed E-state index contributed by atoms with van der Waals surface area (Å²) in [6.07, 6.45) is 26.4. The Morgan fingerprint density at radius 1 is 0.275 bits per heavy atom. The zero-order valence-electron chi connectivity index (χ0n) is 73.0. The third-order valence-electron chi connectivity index (χ3n) is 22.1. The van der Waals surface area contributed by atoms with Crippen molar-refractivity contribution in [3.63, 3.8) is 0 Å². The van der Waals surface area contributed by atoms with Crippen LogP contribution in [0.15, 0.2) is 215 Å². The molecule has 0 aromatic heterocycles. The van der Waals surface area contributed by atoms with E-state index in [-0.39, 0.29) is 42.7 Å². The molecule has 0 fully saturated rings. The molecule has 4 N–H and O–H groups in total. The van der Waals surface area contributed by atoms with Gasteiger partial charge in [-0.15, -0.1) is 0 Å². The van der Waals surface area contributed by atoms with Crippen molar-refractivity contribution in [1.29, 1.82) is 0 Å². The molecular formula is C105H133Br3O12.